The molecule has 1 fully saturated rings. The first-order valence-corrected chi connectivity index (χ1v) is 9.77. The molecule has 0 spiro atoms. The van der Waals surface area contributed by atoms with Crippen LogP contribution in [0.15, 0.2) is 18.2 Å². The Kier molecular flexibility index (Phi) is 5.64. The van der Waals surface area contributed by atoms with Gasteiger partial charge in [-0.1, -0.05) is 25.1 Å². The number of anilines is 1. The van der Waals surface area contributed by atoms with Gasteiger partial charge < -0.3 is 10.6 Å². The highest BCUT2D eigenvalue weighted by atomic mass is 32.2. The number of sulfonamides is 1. The van der Waals surface area contributed by atoms with Crippen LogP contribution < -0.4 is 10.6 Å². The Bertz CT molecular complexity index is 673. The van der Waals surface area contributed by atoms with E-state index in [1.54, 1.807) is 0 Å². The van der Waals surface area contributed by atoms with Gasteiger partial charge in [0.1, 0.15) is 0 Å². The minimum atomic E-state index is -3.21. The first kappa shape index (κ1) is 17.7. The van der Waals surface area contributed by atoms with Crippen molar-refractivity contribution in [1.29, 1.82) is 0 Å². The van der Waals surface area contributed by atoms with E-state index in [0.29, 0.717) is 13.1 Å². The second-order valence-electron chi connectivity index (χ2n) is 6.02. The number of para-hydroxylation sites is 1. The number of benzene rings is 1. The fraction of sp³-hybridized carbons (Fsp3) is 0.562. The Morgan fingerprint density at radius 3 is 2.78 bits per heavy atom. The SMILES string of the molecule is CCc1cccc(C)c1NC(=O)NC1CCCN(S(C)(=O)=O)C1. The fourth-order valence-corrected chi connectivity index (χ4v) is 3.81. The number of hydrogen-bond acceptors (Lipinski definition) is 3. The number of nitrogens with one attached hydrogen (secondary N) is 2. The van der Waals surface area contributed by atoms with E-state index in [-0.39, 0.29) is 12.1 Å². The van der Waals surface area contributed by atoms with E-state index in [9.17, 15) is 13.2 Å². The largest absolute Gasteiger partial charge is 0.334 e. The van der Waals surface area contributed by atoms with Crippen LogP contribution in [0.1, 0.15) is 30.9 Å². The third kappa shape index (κ3) is 4.68. The van der Waals surface area contributed by atoms with E-state index in [4.69, 9.17) is 0 Å². The average molecular weight is 339 g/mol. The van der Waals surface area contributed by atoms with Crippen LogP contribution in [-0.2, 0) is 16.4 Å². The smallest absolute Gasteiger partial charge is 0.319 e. The van der Waals surface area contributed by atoms with E-state index in [2.05, 4.69) is 10.6 Å². The maximum absolute atomic E-state index is 12.3. The summed E-state index contributed by atoms with van der Waals surface area (Å²) in [4.78, 5) is 12.3. The van der Waals surface area contributed by atoms with Crippen molar-refractivity contribution in [3.05, 3.63) is 29.3 Å². The van der Waals surface area contributed by atoms with Crippen molar-refractivity contribution in [2.75, 3.05) is 24.7 Å². The normalized spacial score (nSPS) is 19.3. The number of nitrogens with zero attached hydrogens (tertiary/aromatic N) is 1. The monoisotopic (exact) mass is 339 g/mol. The zero-order valence-electron chi connectivity index (χ0n) is 13.9. The van der Waals surface area contributed by atoms with E-state index < -0.39 is 10.0 Å². The van der Waals surface area contributed by atoms with E-state index >= 15 is 0 Å². The summed E-state index contributed by atoms with van der Waals surface area (Å²) in [5, 5.41) is 5.80. The molecule has 2 amide bonds. The Balaban J connectivity index is 2.00. The summed E-state index contributed by atoms with van der Waals surface area (Å²) in [7, 11) is -3.21. The van der Waals surface area contributed by atoms with Crippen LogP contribution in [0, 0.1) is 6.92 Å². The minimum Gasteiger partial charge on any atom is -0.334 e. The highest BCUT2D eigenvalue weighted by Crippen LogP contribution is 2.21. The molecule has 1 aromatic carbocycles. The number of piperidine rings is 1. The molecule has 1 aliphatic heterocycles. The molecule has 1 aromatic rings. The second kappa shape index (κ2) is 7.31. The number of rotatable bonds is 4. The molecule has 7 heteroatoms. The zero-order chi connectivity index (χ0) is 17.0. The molecule has 1 unspecified atom stereocenters. The Morgan fingerprint density at radius 2 is 2.13 bits per heavy atom. The molecule has 23 heavy (non-hydrogen) atoms. The highest BCUT2D eigenvalue weighted by molar-refractivity contribution is 7.88. The van der Waals surface area contributed by atoms with Gasteiger partial charge in [-0.15, -0.1) is 0 Å². The third-order valence-electron chi connectivity index (χ3n) is 4.17. The average Bonchev–Trinajstić information content (AvgIpc) is 2.48. The summed E-state index contributed by atoms with van der Waals surface area (Å²) < 4.78 is 24.7. The minimum absolute atomic E-state index is 0.160. The quantitative estimate of drug-likeness (QED) is 0.882. The topological polar surface area (TPSA) is 78.5 Å². The lowest BCUT2D eigenvalue weighted by molar-refractivity contribution is 0.236. The summed E-state index contributed by atoms with van der Waals surface area (Å²) in [6, 6.07) is 5.49. The standard InChI is InChI=1S/C16H25N3O3S/c1-4-13-8-5-7-12(2)15(13)18-16(20)17-14-9-6-10-19(11-14)23(3,21)22/h5,7-8,14H,4,6,9-11H2,1-3H3,(H2,17,18,20). The van der Waals surface area contributed by atoms with Gasteiger partial charge in [0.15, 0.2) is 0 Å². The first-order chi connectivity index (χ1) is 10.8. The fourth-order valence-electron chi connectivity index (χ4n) is 2.90. The van der Waals surface area contributed by atoms with E-state index in [0.717, 1.165) is 36.1 Å². The first-order valence-electron chi connectivity index (χ1n) is 7.92. The van der Waals surface area contributed by atoms with Crippen LogP contribution in [0.5, 0.6) is 0 Å². The lowest BCUT2D eigenvalue weighted by Gasteiger charge is -2.31. The van der Waals surface area contributed by atoms with Crippen LogP contribution in [0.25, 0.3) is 0 Å². The summed E-state index contributed by atoms with van der Waals surface area (Å²) in [5.41, 5.74) is 2.94. The van der Waals surface area contributed by atoms with E-state index in [1.165, 1.54) is 10.6 Å². The van der Waals surface area contributed by atoms with Crippen LogP contribution in [-0.4, -0.2) is 44.1 Å². The Hall–Kier alpha value is -1.60. The molecular formula is C16H25N3O3S. The molecule has 2 rings (SSSR count). The third-order valence-corrected chi connectivity index (χ3v) is 5.44. The molecule has 0 radical (unpaired) electrons. The van der Waals surface area contributed by atoms with Crippen molar-refractivity contribution in [2.45, 2.75) is 39.2 Å². The summed E-state index contributed by atoms with van der Waals surface area (Å²) in [6.07, 6.45) is 3.58. The van der Waals surface area contributed by atoms with Crippen molar-refractivity contribution >= 4 is 21.7 Å². The second-order valence-corrected chi connectivity index (χ2v) is 8.00. The van der Waals surface area contributed by atoms with Gasteiger partial charge >= 0.3 is 6.03 Å². The van der Waals surface area contributed by atoms with Gasteiger partial charge in [-0.3, -0.25) is 0 Å². The van der Waals surface area contributed by atoms with Gasteiger partial charge in [-0.25, -0.2) is 17.5 Å². The molecule has 1 saturated heterocycles. The molecule has 0 bridgehead atoms. The number of urea groups is 1. The van der Waals surface area contributed by atoms with Gasteiger partial charge in [0.2, 0.25) is 10.0 Å². The molecule has 1 heterocycles. The zero-order valence-corrected chi connectivity index (χ0v) is 14.7. The lowest BCUT2D eigenvalue weighted by Crippen LogP contribution is -2.50. The van der Waals surface area contributed by atoms with Crippen LogP contribution >= 0.6 is 0 Å². The maximum atomic E-state index is 12.3. The van der Waals surface area contributed by atoms with Crippen LogP contribution in [0.2, 0.25) is 0 Å². The number of carbonyl (C=O) groups is 1. The molecule has 2 N–H and O–H groups in total. The molecule has 128 valence electrons. The van der Waals surface area contributed by atoms with Gasteiger partial charge in [-0.05, 0) is 37.3 Å². The maximum Gasteiger partial charge on any atom is 0.319 e. The Morgan fingerprint density at radius 1 is 1.39 bits per heavy atom. The molecular weight excluding hydrogens is 314 g/mol. The van der Waals surface area contributed by atoms with Crippen LogP contribution in [0.3, 0.4) is 0 Å². The van der Waals surface area contributed by atoms with Crippen LogP contribution in [0.4, 0.5) is 10.5 Å². The molecule has 1 atom stereocenters. The molecule has 0 aromatic heterocycles. The van der Waals surface area contributed by atoms with Gasteiger partial charge in [-0.2, -0.15) is 0 Å². The number of carbonyl (C=O) groups excluding carboxylic acids is 1. The lowest BCUT2D eigenvalue weighted by atomic mass is 10.1. The van der Waals surface area contributed by atoms with Crippen molar-refractivity contribution in [3.63, 3.8) is 0 Å². The molecule has 0 aliphatic carbocycles. The summed E-state index contributed by atoms with van der Waals surface area (Å²) >= 11 is 0. The highest BCUT2D eigenvalue weighted by Gasteiger charge is 2.26. The predicted octanol–water partition coefficient (Wildman–Crippen LogP) is 2.10. The predicted molar refractivity (Wildman–Crippen MR) is 92.2 cm³/mol. The summed E-state index contributed by atoms with van der Waals surface area (Å²) in [6.45, 7) is 4.86. The van der Waals surface area contributed by atoms with Crippen molar-refractivity contribution in [1.82, 2.24) is 9.62 Å². The molecule has 1 aliphatic rings. The van der Waals surface area contributed by atoms with Crippen molar-refractivity contribution in [3.8, 4) is 0 Å². The summed E-state index contributed by atoms with van der Waals surface area (Å²) in [5.74, 6) is 0. The van der Waals surface area contributed by atoms with Gasteiger partial charge in [0, 0.05) is 24.8 Å². The van der Waals surface area contributed by atoms with Crippen molar-refractivity contribution < 1.29 is 13.2 Å². The van der Waals surface area contributed by atoms with Gasteiger partial charge in [0.25, 0.3) is 0 Å². The van der Waals surface area contributed by atoms with Crippen molar-refractivity contribution in [2.24, 2.45) is 0 Å². The number of aryl methyl sites for hydroxylation is 2. The number of amides is 2. The molecule has 6 nitrogen and oxygen atoms in total. The van der Waals surface area contributed by atoms with Gasteiger partial charge in [0.05, 0.1) is 6.26 Å². The van der Waals surface area contributed by atoms with E-state index in [1.807, 2.05) is 32.0 Å². The Labute approximate surface area is 138 Å². The molecule has 0 saturated carbocycles. The number of hydrogen-bond donors (Lipinski definition) is 2.